The Bertz CT molecular complexity index is 5330. The minimum atomic E-state index is -3.42. The van der Waals surface area contributed by atoms with Crippen LogP contribution in [0.25, 0.3) is 33.8 Å². The monoisotopic (exact) mass is 1950 g/mol. The molecule has 3 aliphatic carbocycles. The molecule has 0 spiro atoms. The van der Waals surface area contributed by atoms with Crippen LogP contribution in [0.3, 0.4) is 0 Å². The van der Waals surface area contributed by atoms with Gasteiger partial charge in [-0.2, -0.15) is 34.2 Å². The van der Waals surface area contributed by atoms with Crippen molar-refractivity contribution in [3.8, 4) is 68.9 Å². The molecule has 14 rings (SSSR count). The Labute approximate surface area is 813 Å². The summed E-state index contributed by atoms with van der Waals surface area (Å²) in [6.45, 7) is 17.9. The van der Waals surface area contributed by atoms with Gasteiger partial charge < -0.3 is 58.0 Å². The molecule has 0 bridgehead atoms. The van der Waals surface area contributed by atoms with Crippen molar-refractivity contribution in [2.75, 3.05) is 35.8 Å². The van der Waals surface area contributed by atoms with Gasteiger partial charge in [0.1, 0.15) is 11.8 Å². The maximum atomic E-state index is 14.6. The average Bonchev–Trinajstić information content (AvgIpc) is 1.80. The van der Waals surface area contributed by atoms with Crippen molar-refractivity contribution in [1.82, 2.24) is 69.2 Å². The van der Waals surface area contributed by atoms with Crippen molar-refractivity contribution >= 4 is 92.9 Å². The number of nitrogens with one attached hydrogen (secondary N) is 2. The number of carbonyl (C=O) groups is 1. The number of phenolic OH excluding ortho intramolecular Hbond substituents is 3. The second-order valence-electron chi connectivity index (χ2n) is 26.9. The van der Waals surface area contributed by atoms with E-state index in [9.17, 15) is 31.1 Å². The van der Waals surface area contributed by atoms with Crippen LogP contribution in [0.5, 0.6) is 23.0 Å². The molecule has 0 amide bonds. The van der Waals surface area contributed by atoms with Gasteiger partial charge in [0.05, 0.1) is 107 Å². The fraction of sp³-hybridized carbons (Fsp3) is 0.316. The van der Waals surface area contributed by atoms with Crippen LogP contribution in [0.2, 0.25) is 15.7 Å². The van der Waals surface area contributed by atoms with Gasteiger partial charge in [0.2, 0.25) is 22.5 Å². The number of aryl methyl sites for hydroxylation is 4. The van der Waals surface area contributed by atoms with Crippen molar-refractivity contribution in [3.05, 3.63) is 196 Å². The number of benzene rings is 4. The molecule has 0 radical (unpaired) electrons. The first-order valence-corrected chi connectivity index (χ1v) is 38.2. The molecule has 3 aliphatic rings. The van der Waals surface area contributed by atoms with Crippen LogP contribution < -0.4 is 170 Å². The molecule has 4 aromatic carbocycles. The van der Waals surface area contributed by atoms with Gasteiger partial charge in [0.25, 0.3) is 16.6 Å². The Balaban J connectivity index is 0.000000370. The van der Waals surface area contributed by atoms with Gasteiger partial charge in [0, 0.05) is 65.6 Å². The second-order valence-corrected chi connectivity index (χ2v) is 29.5. The Hall–Kier alpha value is -7.57. The third kappa shape index (κ3) is 35.2. The quantitative estimate of drug-likeness (QED) is 0.00601. The van der Waals surface area contributed by atoms with Crippen LogP contribution in [0.15, 0.2) is 135 Å². The van der Waals surface area contributed by atoms with Crippen LogP contribution in [0.4, 0.5) is 46.5 Å². The molecule has 9 N–H and O–H groups in total. The zero-order chi connectivity index (χ0) is 85.8. The Morgan fingerprint density at radius 1 is 0.585 bits per heavy atom. The summed E-state index contributed by atoms with van der Waals surface area (Å²) < 4.78 is 90.5. The normalized spacial score (nSPS) is 12.2. The molecule has 7 aromatic heterocycles. The summed E-state index contributed by atoms with van der Waals surface area (Å²) in [6.07, 6.45) is 25.6. The summed E-state index contributed by atoms with van der Waals surface area (Å²) in [7, 11) is -5.12. The number of aromatic hydroxyl groups is 3. The summed E-state index contributed by atoms with van der Waals surface area (Å²) in [4.78, 5) is 44.1. The average molecular weight is 1950 g/mol. The number of nitrogens with two attached hydrogens (primary N) is 1. The van der Waals surface area contributed by atoms with Crippen LogP contribution in [0, 0.1) is 84.5 Å². The number of halogens is 7. The number of nitrogens with zero attached hydrogens (tertiary/aromatic N) is 16. The molecule has 118 heavy (non-hydrogen) atoms. The SMILES string of the molecule is CC.CC(C)(C#N)COS(C)(=O)=O.Cc1cnc(Cl)nc1-c1ccc(O)c(F)c1.Cc1cnc(Cl)nc1Cl.Cc1cnc(Nc2cnn(C3CC3)c2)nc1-c1ccc(O)c(F)c1.Cc1cnc(Nc2cnn(C3CC3)c2)nc1-c1ccc(OCC(C)(C)C#N)c(F)c1.Nc1cnn(C2CC2)c1.O=CO[O-].OB(O)c1ccc(O)c(F)c1.[Cs+].[Cs+].[H-]. The van der Waals surface area contributed by atoms with Gasteiger partial charge >= 0.3 is 145 Å². The minimum Gasteiger partial charge on any atom is -1.00 e. The number of aromatic nitrogens is 14. The first-order chi connectivity index (χ1) is 54.9. The largest absolute Gasteiger partial charge is 1.00 e. The van der Waals surface area contributed by atoms with E-state index in [-0.39, 0.29) is 192 Å². The van der Waals surface area contributed by atoms with Crippen molar-refractivity contribution in [1.29, 1.82) is 10.5 Å². The summed E-state index contributed by atoms with van der Waals surface area (Å²) in [5, 5.41) is 89.9. The predicted octanol–water partition coefficient (Wildman–Crippen LogP) is 7.51. The van der Waals surface area contributed by atoms with Gasteiger partial charge in [-0.1, -0.05) is 31.5 Å². The van der Waals surface area contributed by atoms with Gasteiger partial charge in [-0.25, -0.2) is 57.4 Å². The van der Waals surface area contributed by atoms with Gasteiger partial charge in [0.15, 0.2) is 46.3 Å². The van der Waals surface area contributed by atoms with E-state index in [2.05, 4.69) is 80.9 Å². The molecule has 3 fully saturated rings. The molecule has 3 saturated carbocycles. The maximum Gasteiger partial charge on any atom is 1.00 e. The Kier molecular flexibility index (Phi) is 43.0. The summed E-state index contributed by atoms with van der Waals surface area (Å²) in [5.74, 6) is -3.05. The van der Waals surface area contributed by atoms with E-state index in [0.29, 0.717) is 68.9 Å². The van der Waals surface area contributed by atoms with E-state index in [0.717, 1.165) is 70.5 Å². The van der Waals surface area contributed by atoms with Crippen molar-refractivity contribution in [3.63, 3.8) is 0 Å². The van der Waals surface area contributed by atoms with Crippen molar-refractivity contribution < 1.29 is 214 Å². The van der Waals surface area contributed by atoms with Gasteiger partial charge in [-0.3, -0.25) is 23.0 Å². The topological polar surface area (TPSA) is 457 Å². The van der Waals surface area contributed by atoms with Gasteiger partial charge in [-0.15, -0.1) is 0 Å². The molecule has 0 aliphatic heterocycles. The second kappa shape index (κ2) is 49.4. The third-order valence-corrected chi connectivity index (χ3v) is 16.9. The van der Waals surface area contributed by atoms with Crippen molar-refractivity contribution in [2.45, 2.75) is 126 Å². The molecule has 0 unspecified atom stereocenters. The number of carbonyl (C=O) groups excluding carboxylic acids is 1. The summed E-state index contributed by atoms with van der Waals surface area (Å²) in [6, 6.07) is 21.8. The molecular formula is C76H85BCl3Cs2F4N19O12S. The fourth-order valence-electron chi connectivity index (χ4n) is 9.07. The number of rotatable bonds is 18. The van der Waals surface area contributed by atoms with E-state index in [4.69, 9.17) is 86.1 Å². The van der Waals surface area contributed by atoms with E-state index in [1.165, 1.54) is 62.1 Å². The predicted molar refractivity (Wildman–Crippen MR) is 427 cm³/mol. The smallest absolute Gasteiger partial charge is 1.00 e. The Morgan fingerprint density at radius 2 is 0.958 bits per heavy atom. The Morgan fingerprint density at radius 3 is 1.32 bits per heavy atom. The third-order valence-electron chi connectivity index (χ3n) is 15.7. The molecular weight excluding hydrogens is 1860 g/mol. The number of anilines is 5. The van der Waals surface area contributed by atoms with E-state index < -0.39 is 57.1 Å². The molecule has 31 nitrogen and oxygen atoms in total. The van der Waals surface area contributed by atoms with Crippen LogP contribution >= 0.6 is 34.8 Å². The zero-order valence-corrected chi connectivity index (χ0v) is 82.3. The number of hydrogen-bond donors (Lipinski definition) is 8. The molecule has 0 atom stereocenters. The first kappa shape index (κ1) is 103. The molecule has 616 valence electrons. The number of ether oxygens (including phenoxy) is 1. The van der Waals surface area contributed by atoms with Gasteiger partial charge in [-0.05, 0) is 206 Å². The molecule has 0 saturated heterocycles. The first-order valence-electron chi connectivity index (χ1n) is 35.2. The maximum absolute atomic E-state index is 14.6. The van der Waals surface area contributed by atoms with Crippen LogP contribution in [0.1, 0.15) is 122 Å². The zero-order valence-electron chi connectivity index (χ0n) is 67.6. The minimum absolute atomic E-state index is 0. The molecule has 7 heterocycles. The van der Waals surface area contributed by atoms with Crippen LogP contribution in [-0.2, 0) is 24.0 Å². The number of hydrogen-bond acceptors (Lipinski definition) is 28. The number of nitrogen functional groups attached to an aromatic ring is 1. The van der Waals surface area contributed by atoms with Crippen LogP contribution in [-0.4, -0.2) is 136 Å². The number of phenols is 3. The van der Waals surface area contributed by atoms with Crippen molar-refractivity contribution in [2.24, 2.45) is 10.8 Å². The summed E-state index contributed by atoms with van der Waals surface area (Å²) in [5.41, 5.74) is 13.2. The van der Waals surface area contributed by atoms with E-state index in [1.807, 2.05) is 73.3 Å². The molecule has 42 heteroatoms. The van der Waals surface area contributed by atoms with E-state index >= 15 is 0 Å². The standard InChI is InChI=1S/C22H23FN6O.C17H16FN5O.C11H8ClFN2O.C6H6BFO3.C6H9N3.C6H11NO3S.C5H4Cl2N2.C2H6.CH2O3.2Cs.H/c1-14-9-25-21(27-16-10-26-29(11-16)17-5-6-17)28-20(14)15-4-7-19(18(23)8-15)30-13-22(2,3)12-24;1-10-7-19-17(21-12-8-20-23(9-12)13-3-4-13)22-16(10)11-2-5-15(24)14(18)6-11;1-6-5-14-11(12)15-10(6)7-2-3-9(16)8(13)4-7;8-5-3-4(7(10)11)1-2-6(5)9;7-5-3-8-9(4-5)6-1-2-6;1-6(2,4-7)5-10-11(3,8)9;1-3-2-8-5(7)9-4(3)6;1-2;2-1-4-3;;;/h4,7-11,17H,5-6,13H2,1-3H3,(H,25,27,28);2,5-9,13,24H,3-4H2,1H3,(H,19,21,22);2-5,16H,1H3;1-3,9-11H;3-4,6H,1-2,7H2;5H2,1-3H3;2H,1H3;1-2H3;1,3H;;;/q;;;;;;;;;2*+1;-1/p-1. The fourth-order valence-corrected chi connectivity index (χ4v) is 10.0. The number of nitriles is 2. The molecule has 11 aromatic rings. The summed E-state index contributed by atoms with van der Waals surface area (Å²) >= 11 is 16.7. The van der Waals surface area contributed by atoms with E-state index in [1.54, 1.807) is 102 Å².